The zero-order chi connectivity index (χ0) is 12.5. The van der Waals surface area contributed by atoms with Crippen LogP contribution >= 0.6 is 0 Å². The van der Waals surface area contributed by atoms with Crippen LogP contribution < -0.4 is 0 Å². The van der Waals surface area contributed by atoms with Gasteiger partial charge in [0.2, 0.25) is 0 Å². The number of rotatable bonds is 3. The maximum Gasteiger partial charge on any atom is 0.442 e. The third-order valence-electron chi connectivity index (χ3n) is 2.55. The quantitative estimate of drug-likeness (QED) is 0.752. The highest BCUT2D eigenvalue weighted by atomic mass is 19.4. The molecule has 1 aromatic rings. The van der Waals surface area contributed by atoms with E-state index in [-0.39, 0.29) is 5.56 Å². The maximum atomic E-state index is 12.7. The average molecular weight is 240 g/mol. The van der Waals surface area contributed by atoms with Gasteiger partial charge in [-0.3, -0.25) is 0 Å². The summed E-state index contributed by atoms with van der Waals surface area (Å²) in [4.78, 5) is 0. The van der Waals surface area contributed by atoms with E-state index in [1.165, 1.54) is 12.1 Å². The van der Waals surface area contributed by atoms with E-state index in [0.717, 1.165) is 12.0 Å². The van der Waals surface area contributed by atoms with E-state index in [0.29, 0.717) is 0 Å². The minimum absolute atomic E-state index is 0.0682. The first-order valence-corrected chi connectivity index (χ1v) is 5.27. The molecule has 0 fully saturated rings. The van der Waals surface area contributed by atoms with Crippen molar-refractivity contribution in [2.45, 2.75) is 25.2 Å². The normalized spacial score (nSPS) is 17.6. The summed E-state index contributed by atoms with van der Waals surface area (Å²) in [7, 11) is 0. The van der Waals surface area contributed by atoms with Crippen LogP contribution in [0.1, 0.15) is 24.5 Å². The number of hydrogen-bond acceptors (Lipinski definition) is 2. The third kappa shape index (κ3) is 2.09. The summed E-state index contributed by atoms with van der Waals surface area (Å²) < 4.78 is 38.0. The molecule has 0 amide bonds. The van der Waals surface area contributed by atoms with Gasteiger partial charge in [0.05, 0.1) is 0 Å². The van der Waals surface area contributed by atoms with Crippen LogP contribution in [0.15, 0.2) is 40.6 Å². The Morgan fingerprint density at radius 1 is 1.18 bits per heavy atom. The zero-order valence-corrected chi connectivity index (χ0v) is 9.20. The molecule has 0 unspecified atom stereocenters. The predicted octanol–water partition coefficient (Wildman–Crippen LogP) is 4.29. The van der Waals surface area contributed by atoms with Crippen molar-refractivity contribution in [1.29, 1.82) is 0 Å². The number of nitrogens with zero attached hydrogens (tertiary/aromatic N) is 2. The molecule has 1 aliphatic heterocycles. The van der Waals surface area contributed by atoms with E-state index < -0.39 is 11.8 Å². The van der Waals surface area contributed by atoms with E-state index in [1.807, 2.05) is 19.1 Å². The van der Waals surface area contributed by atoms with Gasteiger partial charge in [-0.05, 0) is 12.0 Å². The SMILES string of the molecule is CCC=Cc1ccc(C2(C(F)(F)F)N=N2)cc1. The van der Waals surface area contributed by atoms with Crippen molar-refractivity contribution in [2.24, 2.45) is 10.2 Å². The fraction of sp³-hybridized carbons (Fsp3) is 0.333. The van der Waals surface area contributed by atoms with Crippen molar-refractivity contribution >= 4 is 6.08 Å². The maximum absolute atomic E-state index is 12.7. The standard InChI is InChI=1S/C12H11F3N2/c1-2-3-4-9-5-7-10(8-6-9)11(16-17-11)12(13,14)15/h3-8H,2H2,1H3. The van der Waals surface area contributed by atoms with Gasteiger partial charge in [0.25, 0.3) is 0 Å². The van der Waals surface area contributed by atoms with E-state index in [9.17, 15) is 13.2 Å². The lowest BCUT2D eigenvalue weighted by atomic mass is 10.0. The van der Waals surface area contributed by atoms with Gasteiger partial charge in [-0.2, -0.15) is 13.2 Å². The van der Waals surface area contributed by atoms with E-state index in [1.54, 1.807) is 12.1 Å². The fourth-order valence-electron chi connectivity index (χ4n) is 1.52. The number of benzene rings is 1. The Labute approximate surface area is 96.9 Å². The van der Waals surface area contributed by atoms with Gasteiger partial charge in [-0.1, -0.05) is 43.3 Å². The summed E-state index contributed by atoms with van der Waals surface area (Å²) in [5.41, 5.74) is -1.37. The molecule has 2 nitrogen and oxygen atoms in total. The molecule has 0 spiro atoms. The number of hydrogen-bond donors (Lipinski definition) is 0. The van der Waals surface area contributed by atoms with Gasteiger partial charge >= 0.3 is 11.8 Å². The van der Waals surface area contributed by atoms with Crippen molar-refractivity contribution < 1.29 is 13.2 Å². The van der Waals surface area contributed by atoms with Crippen LogP contribution in [0.3, 0.4) is 0 Å². The Kier molecular flexibility index (Phi) is 2.77. The van der Waals surface area contributed by atoms with Crippen molar-refractivity contribution in [1.82, 2.24) is 0 Å². The Morgan fingerprint density at radius 3 is 2.18 bits per heavy atom. The van der Waals surface area contributed by atoms with Gasteiger partial charge < -0.3 is 0 Å². The molecule has 0 saturated heterocycles. The lowest BCUT2D eigenvalue weighted by Crippen LogP contribution is -2.29. The molecule has 1 aliphatic rings. The Bertz CT molecular complexity index is 452. The highest BCUT2D eigenvalue weighted by molar-refractivity contribution is 5.50. The fourth-order valence-corrected chi connectivity index (χ4v) is 1.52. The topological polar surface area (TPSA) is 24.7 Å². The molecule has 0 bridgehead atoms. The first kappa shape index (κ1) is 11.8. The molecule has 0 atom stereocenters. The van der Waals surface area contributed by atoms with Crippen molar-refractivity contribution in [3.63, 3.8) is 0 Å². The molecule has 1 heterocycles. The molecule has 0 aliphatic carbocycles. The van der Waals surface area contributed by atoms with Gasteiger partial charge in [0.1, 0.15) is 0 Å². The summed E-state index contributed by atoms with van der Waals surface area (Å²) in [5.74, 6) is 0. The Balaban J connectivity index is 2.22. The van der Waals surface area contributed by atoms with Gasteiger partial charge in [-0.25, -0.2) is 0 Å². The van der Waals surface area contributed by atoms with Crippen LogP contribution in [0.2, 0.25) is 0 Å². The molecule has 2 rings (SSSR count). The second kappa shape index (κ2) is 3.98. The second-order valence-electron chi connectivity index (χ2n) is 3.80. The summed E-state index contributed by atoms with van der Waals surface area (Å²) in [6.07, 6.45) is 0.248. The highest BCUT2D eigenvalue weighted by Gasteiger charge is 2.65. The van der Waals surface area contributed by atoms with Crippen molar-refractivity contribution in [2.75, 3.05) is 0 Å². The van der Waals surface area contributed by atoms with E-state index in [4.69, 9.17) is 0 Å². The molecule has 0 N–H and O–H groups in total. The van der Waals surface area contributed by atoms with Crippen LogP contribution in [0, 0.1) is 0 Å². The second-order valence-corrected chi connectivity index (χ2v) is 3.80. The lowest BCUT2D eigenvalue weighted by molar-refractivity contribution is -0.166. The molecular formula is C12H11F3N2. The number of allylic oxidation sites excluding steroid dienone is 1. The molecular weight excluding hydrogens is 229 g/mol. The van der Waals surface area contributed by atoms with E-state index >= 15 is 0 Å². The van der Waals surface area contributed by atoms with E-state index in [2.05, 4.69) is 10.2 Å². The monoisotopic (exact) mass is 240 g/mol. The smallest absolute Gasteiger partial charge is 0.166 e. The summed E-state index contributed by atoms with van der Waals surface area (Å²) >= 11 is 0. The van der Waals surface area contributed by atoms with Crippen molar-refractivity contribution in [3.05, 3.63) is 41.5 Å². The van der Waals surface area contributed by atoms with Gasteiger partial charge in [0.15, 0.2) is 0 Å². The molecule has 90 valence electrons. The minimum Gasteiger partial charge on any atom is -0.166 e. The first-order valence-electron chi connectivity index (χ1n) is 5.27. The Hall–Kier alpha value is -1.65. The summed E-state index contributed by atoms with van der Waals surface area (Å²) in [6.45, 7) is 1.99. The summed E-state index contributed by atoms with van der Waals surface area (Å²) in [6, 6.07) is 6.11. The number of alkyl halides is 3. The average Bonchev–Trinajstić information content (AvgIpc) is 3.07. The van der Waals surface area contributed by atoms with Gasteiger partial charge in [-0.15, -0.1) is 10.2 Å². The minimum atomic E-state index is -4.45. The van der Waals surface area contributed by atoms with Crippen LogP contribution in [0.5, 0.6) is 0 Å². The van der Waals surface area contributed by atoms with Gasteiger partial charge in [0, 0.05) is 5.56 Å². The third-order valence-corrected chi connectivity index (χ3v) is 2.55. The van der Waals surface area contributed by atoms with Crippen LogP contribution in [0.4, 0.5) is 13.2 Å². The molecule has 0 saturated carbocycles. The molecule has 1 aromatic carbocycles. The molecule has 0 radical (unpaired) electrons. The van der Waals surface area contributed by atoms with Crippen LogP contribution in [0.25, 0.3) is 6.08 Å². The Morgan fingerprint density at radius 2 is 1.76 bits per heavy atom. The lowest BCUT2D eigenvalue weighted by Gasteiger charge is -2.14. The highest BCUT2D eigenvalue weighted by Crippen LogP contribution is 2.52. The van der Waals surface area contributed by atoms with Crippen LogP contribution in [-0.4, -0.2) is 6.18 Å². The first-order chi connectivity index (χ1) is 7.99. The largest absolute Gasteiger partial charge is 0.442 e. The molecule has 5 heteroatoms. The number of halogens is 3. The summed E-state index contributed by atoms with van der Waals surface area (Å²) in [5, 5.41) is 6.30. The molecule has 17 heavy (non-hydrogen) atoms. The molecule has 0 aromatic heterocycles. The zero-order valence-electron chi connectivity index (χ0n) is 9.20. The van der Waals surface area contributed by atoms with Crippen molar-refractivity contribution in [3.8, 4) is 0 Å². The van der Waals surface area contributed by atoms with Crippen LogP contribution in [-0.2, 0) is 5.66 Å². The predicted molar refractivity (Wildman–Crippen MR) is 58.4 cm³/mol.